The Morgan fingerprint density at radius 3 is 2.88 bits per heavy atom. The highest BCUT2D eigenvalue weighted by Gasteiger charge is 2.28. The lowest BCUT2D eigenvalue weighted by molar-refractivity contribution is 0.0914. The number of anilines is 1. The Morgan fingerprint density at radius 2 is 2.12 bits per heavy atom. The maximum atomic E-state index is 14.1. The smallest absolute Gasteiger partial charge is 0.263 e. The summed E-state index contributed by atoms with van der Waals surface area (Å²) < 4.78 is 33.9. The minimum atomic E-state index is -0.581. The molecule has 1 aromatic heterocycles. The monoisotopic (exact) mass is 374 g/mol. The van der Waals surface area contributed by atoms with Crippen molar-refractivity contribution in [2.75, 3.05) is 18.1 Å². The average Bonchev–Trinajstić information content (AvgIpc) is 3.28. The van der Waals surface area contributed by atoms with E-state index in [1.165, 1.54) is 46.6 Å². The number of ether oxygens (including phenoxy) is 1. The number of aromatic nitrogens is 1. The fourth-order valence-electron chi connectivity index (χ4n) is 3.02. The van der Waals surface area contributed by atoms with Gasteiger partial charge in [0.25, 0.3) is 5.91 Å². The van der Waals surface area contributed by atoms with Gasteiger partial charge in [0.15, 0.2) is 5.13 Å². The van der Waals surface area contributed by atoms with E-state index in [0.29, 0.717) is 22.0 Å². The van der Waals surface area contributed by atoms with E-state index >= 15 is 0 Å². The van der Waals surface area contributed by atoms with Gasteiger partial charge >= 0.3 is 0 Å². The molecule has 2 heterocycles. The second kappa shape index (κ2) is 7.09. The molecule has 1 atom stereocenters. The van der Waals surface area contributed by atoms with Gasteiger partial charge in [-0.05, 0) is 43.2 Å². The first-order valence-electron chi connectivity index (χ1n) is 8.36. The first-order chi connectivity index (χ1) is 12.6. The number of amides is 1. The Balaban J connectivity index is 1.73. The third-order valence-corrected chi connectivity index (χ3v) is 5.37. The van der Waals surface area contributed by atoms with Gasteiger partial charge in [-0.15, -0.1) is 0 Å². The lowest BCUT2D eigenvalue weighted by Gasteiger charge is -2.23. The fraction of sp³-hybridized carbons (Fsp3) is 0.263. The van der Waals surface area contributed by atoms with Crippen LogP contribution in [0.1, 0.15) is 23.2 Å². The second-order valence-corrected chi connectivity index (χ2v) is 7.15. The SMILES string of the molecule is O=C(c1ccccc1F)N(CC1CCCO1)c1nc2ccc(F)cc2s1. The quantitative estimate of drug-likeness (QED) is 0.680. The number of carbonyl (C=O) groups is 1. The van der Waals surface area contributed by atoms with Crippen molar-refractivity contribution < 1.29 is 18.3 Å². The molecule has 3 aromatic rings. The topological polar surface area (TPSA) is 42.4 Å². The van der Waals surface area contributed by atoms with Gasteiger partial charge in [-0.25, -0.2) is 13.8 Å². The predicted octanol–water partition coefficient (Wildman–Crippen LogP) is 4.40. The van der Waals surface area contributed by atoms with E-state index in [-0.39, 0.29) is 24.0 Å². The number of halogens is 2. The molecule has 1 aliphatic rings. The number of thiazole rings is 1. The Bertz CT molecular complexity index is 954. The largest absolute Gasteiger partial charge is 0.376 e. The molecule has 0 spiro atoms. The van der Waals surface area contributed by atoms with Crippen LogP contribution in [0.25, 0.3) is 10.2 Å². The Hall–Kier alpha value is -2.38. The summed E-state index contributed by atoms with van der Waals surface area (Å²) in [5, 5.41) is 0.411. The molecule has 0 saturated carbocycles. The Kier molecular flexibility index (Phi) is 4.65. The van der Waals surface area contributed by atoms with Crippen LogP contribution in [-0.4, -0.2) is 30.1 Å². The molecule has 0 aliphatic carbocycles. The van der Waals surface area contributed by atoms with Crippen LogP contribution in [0.15, 0.2) is 42.5 Å². The highest BCUT2D eigenvalue weighted by Crippen LogP contribution is 2.31. The van der Waals surface area contributed by atoms with Crippen LogP contribution >= 0.6 is 11.3 Å². The summed E-state index contributed by atoms with van der Waals surface area (Å²) in [4.78, 5) is 18.9. The highest BCUT2D eigenvalue weighted by molar-refractivity contribution is 7.22. The average molecular weight is 374 g/mol. The summed E-state index contributed by atoms with van der Waals surface area (Å²) in [7, 11) is 0. The molecule has 4 nitrogen and oxygen atoms in total. The number of rotatable bonds is 4. The molecule has 2 aromatic carbocycles. The molecule has 1 fully saturated rings. The third-order valence-electron chi connectivity index (χ3n) is 4.33. The van der Waals surface area contributed by atoms with Crippen LogP contribution in [0, 0.1) is 11.6 Å². The fourth-order valence-corrected chi connectivity index (χ4v) is 4.02. The maximum absolute atomic E-state index is 14.1. The summed E-state index contributed by atoms with van der Waals surface area (Å²) in [5.41, 5.74) is 0.584. The number of hydrogen-bond acceptors (Lipinski definition) is 4. The molecule has 1 amide bonds. The van der Waals surface area contributed by atoms with E-state index in [1.807, 2.05) is 0 Å². The number of hydrogen-bond donors (Lipinski definition) is 0. The van der Waals surface area contributed by atoms with Crippen LogP contribution in [0.4, 0.5) is 13.9 Å². The van der Waals surface area contributed by atoms with Crippen molar-refractivity contribution in [2.24, 2.45) is 0 Å². The number of nitrogens with zero attached hydrogens (tertiary/aromatic N) is 2. The maximum Gasteiger partial charge on any atom is 0.263 e. The molecule has 1 saturated heterocycles. The minimum absolute atomic E-state index is 0.0177. The van der Waals surface area contributed by atoms with Crippen molar-refractivity contribution in [3.8, 4) is 0 Å². The summed E-state index contributed by atoms with van der Waals surface area (Å²) >= 11 is 1.21. The minimum Gasteiger partial charge on any atom is -0.376 e. The molecule has 4 rings (SSSR count). The molecule has 0 N–H and O–H groups in total. The zero-order valence-electron chi connectivity index (χ0n) is 13.8. The lowest BCUT2D eigenvalue weighted by Crippen LogP contribution is -2.37. The van der Waals surface area contributed by atoms with Gasteiger partial charge in [-0.3, -0.25) is 9.69 Å². The molecule has 7 heteroatoms. The standard InChI is InChI=1S/C19H16F2N2O2S/c20-12-7-8-16-17(10-12)26-19(22-16)23(11-13-4-3-9-25-13)18(24)14-5-1-2-6-15(14)21/h1-2,5-8,10,13H,3-4,9,11H2. The van der Waals surface area contributed by atoms with Crippen LogP contribution in [-0.2, 0) is 4.74 Å². The molecule has 134 valence electrons. The Labute approximate surface area is 153 Å². The van der Waals surface area contributed by atoms with Gasteiger partial charge in [0.2, 0.25) is 0 Å². The third kappa shape index (κ3) is 3.32. The highest BCUT2D eigenvalue weighted by atomic mass is 32.1. The zero-order chi connectivity index (χ0) is 18.1. The molecule has 1 aliphatic heterocycles. The second-order valence-electron chi connectivity index (χ2n) is 6.14. The van der Waals surface area contributed by atoms with Crippen molar-refractivity contribution in [3.05, 3.63) is 59.7 Å². The number of carbonyl (C=O) groups excluding carboxylic acids is 1. The van der Waals surface area contributed by atoms with Gasteiger partial charge in [0.05, 0.1) is 28.4 Å². The summed E-state index contributed by atoms with van der Waals surface area (Å²) in [6.07, 6.45) is 1.65. The van der Waals surface area contributed by atoms with E-state index < -0.39 is 11.7 Å². The summed E-state index contributed by atoms with van der Waals surface area (Å²) in [6.45, 7) is 0.937. The molecule has 1 unspecified atom stereocenters. The summed E-state index contributed by atoms with van der Waals surface area (Å²) in [5.74, 6) is -1.42. The molecule has 26 heavy (non-hydrogen) atoms. The Morgan fingerprint density at radius 1 is 1.27 bits per heavy atom. The van der Waals surface area contributed by atoms with Gasteiger partial charge in [-0.1, -0.05) is 23.5 Å². The molecule has 0 radical (unpaired) electrons. The van der Waals surface area contributed by atoms with E-state index in [9.17, 15) is 13.6 Å². The van der Waals surface area contributed by atoms with Gasteiger partial charge in [0, 0.05) is 6.61 Å². The van der Waals surface area contributed by atoms with Crippen LogP contribution < -0.4 is 4.90 Å². The van der Waals surface area contributed by atoms with Crippen molar-refractivity contribution in [1.82, 2.24) is 4.98 Å². The zero-order valence-corrected chi connectivity index (χ0v) is 14.6. The number of benzene rings is 2. The van der Waals surface area contributed by atoms with E-state index in [0.717, 1.165) is 12.8 Å². The lowest BCUT2D eigenvalue weighted by atomic mass is 10.1. The van der Waals surface area contributed by atoms with Crippen molar-refractivity contribution >= 4 is 32.6 Å². The van der Waals surface area contributed by atoms with E-state index in [4.69, 9.17) is 4.74 Å². The molecule has 0 bridgehead atoms. The van der Waals surface area contributed by atoms with Crippen LogP contribution in [0.3, 0.4) is 0 Å². The van der Waals surface area contributed by atoms with Gasteiger partial charge < -0.3 is 4.74 Å². The van der Waals surface area contributed by atoms with Gasteiger partial charge in [-0.2, -0.15) is 0 Å². The molecular weight excluding hydrogens is 358 g/mol. The summed E-state index contributed by atoms with van der Waals surface area (Å²) in [6, 6.07) is 10.1. The van der Waals surface area contributed by atoms with E-state index in [1.54, 1.807) is 12.1 Å². The van der Waals surface area contributed by atoms with Gasteiger partial charge in [0.1, 0.15) is 11.6 Å². The normalized spacial score (nSPS) is 16.9. The molecular formula is C19H16F2N2O2S. The van der Waals surface area contributed by atoms with Crippen LogP contribution in [0.2, 0.25) is 0 Å². The first kappa shape index (κ1) is 17.1. The first-order valence-corrected chi connectivity index (χ1v) is 9.17. The van der Waals surface area contributed by atoms with E-state index in [2.05, 4.69) is 4.98 Å². The van der Waals surface area contributed by atoms with Crippen LogP contribution in [0.5, 0.6) is 0 Å². The number of fused-ring (bicyclic) bond motifs is 1. The van der Waals surface area contributed by atoms with Crippen molar-refractivity contribution in [3.63, 3.8) is 0 Å². The predicted molar refractivity (Wildman–Crippen MR) is 96.6 cm³/mol. The van der Waals surface area contributed by atoms with Crippen molar-refractivity contribution in [2.45, 2.75) is 18.9 Å². The van der Waals surface area contributed by atoms with Crippen molar-refractivity contribution in [1.29, 1.82) is 0 Å².